The van der Waals surface area contributed by atoms with Gasteiger partial charge in [0.25, 0.3) is 17.4 Å². The molecule has 0 radical (unpaired) electrons. The number of nitrogens with one attached hydrogen (secondary N) is 1. The molecule has 1 aromatic carbocycles. The number of rotatable bonds is 9. The Balaban J connectivity index is 1.02. The molecule has 3 aliphatic heterocycles. The molecule has 1 unspecified atom stereocenters. The fourth-order valence-corrected chi connectivity index (χ4v) is 6.36. The number of piperidine rings is 1. The monoisotopic (exact) mass is 616 g/mol. The highest BCUT2D eigenvalue weighted by atomic mass is 16.5. The van der Waals surface area contributed by atoms with Crippen LogP contribution in [0.5, 0.6) is 0 Å². The van der Waals surface area contributed by atoms with Gasteiger partial charge in [-0.05, 0) is 76.7 Å². The lowest BCUT2D eigenvalue weighted by Gasteiger charge is -2.31. The Morgan fingerprint density at radius 2 is 1.80 bits per heavy atom. The van der Waals surface area contributed by atoms with Crippen molar-refractivity contribution in [2.75, 3.05) is 32.7 Å². The van der Waals surface area contributed by atoms with Gasteiger partial charge >= 0.3 is 5.97 Å². The van der Waals surface area contributed by atoms with Crippen molar-refractivity contribution in [1.29, 1.82) is 0 Å². The quantitative estimate of drug-likeness (QED) is 0.278. The van der Waals surface area contributed by atoms with Crippen molar-refractivity contribution in [1.82, 2.24) is 29.8 Å². The van der Waals surface area contributed by atoms with Crippen LogP contribution in [0.1, 0.15) is 66.0 Å². The molecule has 1 N–H and O–H groups in total. The highest BCUT2D eigenvalue weighted by Gasteiger charge is 2.30. The summed E-state index contributed by atoms with van der Waals surface area (Å²) in [7, 11) is 0. The van der Waals surface area contributed by atoms with E-state index in [-0.39, 0.29) is 5.56 Å². The van der Waals surface area contributed by atoms with Gasteiger partial charge in [0.15, 0.2) is 17.5 Å². The Morgan fingerprint density at radius 1 is 1.04 bits per heavy atom. The average Bonchev–Trinajstić information content (AvgIpc) is 3.58. The summed E-state index contributed by atoms with van der Waals surface area (Å²) in [6.45, 7) is 5.96. The molecule has 236 valence electrons. The maximum absolute atomic E-state index is 13.6. The minimum absolute atomic E-state index is 0.112. The van der Waals surface area contributed by atoms with E-state index in [0.717, 1.165) is 71.8 Å². The standard InChI is InChI=1S/C32H36N6O7/c1-19-5-6-23-25(16-19)45-35-30(23)21-9-13-36(14-10-21)15-11-22-20(2)34-31-24(4-3-12-37(31)32(22)43)44-29(42)17-33-26(39)18-38-27(40)7-8-28(38)41/h5-8,16,21,24H,3-4,9-15,17-18H2,1-2H3,(H,33,39). The number of carbonyl (C=O) groups is 4. The molecule has 6 rings (SSSR count). The number of hydrogen-bond donors (Lipinski definition) is 1. The molecule has 0 bridgehead atoms. The molecule has 0 spiro atoms. The van der Waals surface area contributed by atoms with Crippen LogP contribution in [0, 0.1) is 13.8 Å². The number of ether oxygens (including phenoxy) is 1. The van der Waals surface area contributed by atoms with E-state index < -0.39 is 42.9 Å². The molecule has 5 heterocycles. The Hall–Kier alpha value is -4.65. The number of esters is 1. The zero-order valence-corrected chi connectivity index (χ0v) is 25.4. The number of imide groups is 1. The number of hydrogen-bond acceptors (Lipinski definition) is 10. The van der Waals surface area contributed by atoms with Crippen molar-refractivity contribution in [3.8, 4) is 0 Å². The van der Waals surface area contributed by atoms with Crippen molar-refractivity contribution >= 4 is 34.7 Å². The highest BCUT2D eigenvalue weighted by molar-refractivity contribution is 6.14. The summed E-state index contributed by atoms with van der Waals surface area (Å²) in [5.41, 5.74) is 4.18. The Kier molecular flexibility index (Phi) is 8.61. The van der Waals surface area contributed by atoms with E-state index in [2.05, 4.69) is 27.5 Å². The van der Waals surface area contributed by atoms with Crippen LogP contribution in [0.25, 0.3) is 11.0 Å². The number of aryl methyl sites for hydroxylation is 2. The molecule has 1 fully saturated rings. The molecule has 1 saturated heterocycles. The smallest absolute Gasteiger partial charge is 0.326 e. The van der Waals surface area contributed by atoms with Crippen LogP contribution in [-0.4, -0.2) is 80.9 Å². The molecule has 0 saturated carbocycles. The Bertz CT molecular complexity index is 1730. The predicted octanol–water partition coefficient (Wildman–Crippen LogP) is 1.84. The third kappa shape index (κ3) is 6.44. The minimum Gasteiger partial charge on any atom is -0.453 e. The number of amides is 3. The van der Waals surface area contributed by atoms with E-state index in [0.29, 0.717) is 48.8 Å². The van der Waals surface area contributed by atoms with Gasteiger partial charge in [-0.3, -0.25) is 33.4 Å². The molecular formula is C32H36N6O7. The summed E-state index contributed by atoms with van der Waals surface area (Å²) in [6, 6.07) is 6.20. The van der Waals surface area contributed by atoms with Gasteiger partial charge in [0.1, 0.15) is 13.1 Å². The van der Waals surface area contributed by atoms with Crippen LogP contribution in [0.2, 0.25) is 0 Å². The van der Waals surface area contributed by atoms with Crippen molar-refractivity contribution in [2.45, 2.75) is 64.5 Å². The first-order chi connectivity index (χ1) is 21.7. The van der Waals surface area contributed by atoms with Gasteiger partial charge in [-0.25, -0.2) is 4.98 Å². The molecule has 3 amide bonds. The number of carbonyl (C=O) groups excluding carboxylic acids is 4. The molecule has 1 atom stereocenters. The summed E-state index contributed by atoms with van der Waals surface area (Å²) in [5.74, 6) is -1.79. The zero-order valence-electron chi connectivity index (χ0n) is 25.4. The summed E-state index contributed by atoms with van der Waals surface area (Å²) < 4.78 is 12.8. The van der Waals surface area contributed by atoms with Crippen molar-refractivity contribution in [3.63, 3.8) is 0 Å². The summed E-state index contributed by atoms with van der Waals surface area (Å²) in [4.78, 5) is 69.4. The Morgan fingerprint density at radius 3 is 2.56 bits per heavy atom. The van der Waals surface area contributed by atoms with Gasteiger partial charge in [0.2, 0.25) is 5.91 Å². The maximum Gasteiger partial charge on any atom is 0.326 e. The molecular weight excluding hydrogens is 580 g/mol. The second-order valence-electron chi connectivity index (χ2n) is 11.9. The molecule has 13 nitrogen and oxygen atoms in total. The van der Waals surface area contributed by atoms with Crippen LogP contribution in [0.4, 0.5) is 0 Å². The van der Waals surface area contributed by atoms with E-state index in [4.69, 9.17) is 14.2 Å². The van der Waals surface area contributed by atoms with Crippen LogP contribution in [0.3, 0.4) is 0 Å². The van der Waals surface area contributed by atoms with Gasteiger partial charge in [-0.15, -0.1) is 0 Å². The number of fused-ring (bicyclic) bond motifs is 2. The van der Waals surface area contributed by atoms with Crippen LogP contribution in [-0.2, 0) is 36.9 Å². The van der Waals surface area contributed by atoms with E-state index in [1.165, 1.54) is 0 Å². The zero-order chi connectivity index (χ0) is 31.7. The topological polar surface area (TPSA) is 157 Å². The minimum atomic E-state index is -0.718. The second-order valence-corrected chi connectivity index (χ2v) is 11.9. The van der Waals surface area contributed by atoms with E-state index >= 15 is 0 Å². The lowest BCUT2D eigenvalue weighted by molar-refractivity contribution is -0.151. The number of benzene rings is 1. The largest absolute Gasteiger partial charge is 0.453 e. The van der Waals surface area contributed by atoms with E-state index in [1.807, 2.05) is 19.9 Å². The lowest BCUT2D eigenvalue weighted by atomic mass is 9.91. The lowest BCUT2D eigenvalue weighted by Crippen LogP contribution is -2.42. The fraction of sp³-hybridized carbons (Fsp3) is 0.469. The molecule has 0 aliphatic carbocycles. The first-order valence-corrected chi connectivity index (χ1v) is 15.4. The first-order valence-electron chi connectivity index (χ1n) is 15.4. The van der Waals surface area contributed by atoms with Crippen molar-refractivity contribution in [2.24, 2.45) is 0 Å². The average molecular weight is 617 g/mol. The number of nitrogens with zero attached hydrogens (tertiary/aromatic N) is 5. The van der Waals surface area contributed by atoms with Gasteiger partial charge in [0, 0.05) is 47.8 Å². The normalized spacial score (nSPS) is 18.9. The van der Waals surface area contributed by atoms with Crippen molar-refractivity contribution in [3.05, 3.63) is 69.0 Å². The first kappa shape index (κ1) is 30.4. The highest BCUT2D eigenvalue weighted by Crippen LogP contribution is 2.33. The van der Waals surface area contributed by atoms with Gasteiger partial charge in [-0.1, -0.05) is 11.2 Å². The molecule has 13 heteroatoms. The third-order valence-electron chi connectivity index (χ3n) is 8.85. The molecule has 45 heavy (non-hydrogen) atoms. The maximum atomic E-state index is 13.6. The van der Waals surface area contributed by atoms with Gasteiger partial charge in [-0.2, -0.15) is 0 Å². The predicted molar refractivity (Wildman–Crippen MR) is 161 cm³/mol. The van der Waals surface area contributed by atoms with Crippen LogP contribution in [0.15, 0.2) is 39.7 Å². The third-order valence-corrected chi connectivity index (χ3v) is 8.85. The van der Waals surface area contributed by atoms with Crippen LogP contribution >= 0.6 is 0 Å². The SMILES string of the molecule is Cc1ccc2c(C3CCN(CCc4c(C)nc5n(c4=O)CCCC5OC(=O)CNC(=O)CN4C(=O)C=CC4=O)CC3)noc2c1. The van der Waals surface area contributed by atoms with Gasteiger partial charge in [0.05, 0.1) is 5.69 Å². The van der Waals surface area contributed by atoms with Gasteiger partial charge < -0.3 is 19.5 Å². The second kappa shape index (κ2) is 12.8. The molecule has 3 aromatic rings. The molecule has 2 aromatic heterocycles. The van der Waals surface area contributed by atoms with E-state index in [1.54, 1.807) is 4.57 Å². The fourth-order valence-electron chi connectivity index (χ4n) is 6.36. The van der Waals surface area contributed by atoms with E-state index in [9.17, 15) is 24.0 Å². The number of likely N-dealkylation sites (tertiary alicyclic amines) is 1. The van der Waals surface area contributed by atoms with Crippen LogP contribution < -0.4 is 10.9 Å². The summed E-state index contributed by atoms with van der Waals surface area (Å²) in [6.07, 6.45) is 5.09. The summed E-state index contributed by atoms with van der Waals surface area (Å²) >= 11 is 0. The molecule has 3 aliphatic rings. The summed E-state index contributed by atoms with van der Waals surface area (Å²) in [5, 5.41) is 7.85. The Labute approximate surface area is 259 Å². The number of aromatic nitrogens is 3. The van der Waals surface area contributed by atoms with Crippen molar-refractivity contribution < 1.29 is 28.4 Å².